The lowest BCUT2D eigenvalue weighted by molar-refractivity contribution is -0.0699. The summed E-state index contributed by atoms with van der Waals surface area (Å²) in [6.07, 6.45) is 6.67. The molecule has 0 aromatic carbocycles. The first-order valence-corrected chi connectivity index (χ1v) is 11.0. The van der Waals surface area contributed by atoms with Gasteiger partial charge in [0.05, 0.1) is 31.1 Å². The maximum absolute atomic E-state index is 5.98. The number of fused-ring (bicyclic) bond motifs is 2. The van der Waals surface area contributed by atoms with Crippen molar-refractivity contribution in [3.05, 3.63) is 35.3 Å². The SMILES string of the molecule is CC.CN1CCOC1C1C=C2CN(Cc3cc4c(cn3)OCCC4)CCN2N1C. The zero-order chi connectivity index (χ0) is 20.4. The summed E-state index contributed by atoms with van der Waals surface area (Å²) >= 11 is 0. The van der Waals surface area contributed by atoms with Crippen LogP contribution in [-0.2, 0) is 17.7 Å². The molecule has 0 bridgehead atoms. The summed E-state index contributed by atoms with van der Waals surface area (Å²) in [6.45, 7) is 10.6. The third-order valence-electron chi connectivity index (χ3n) is 6.22. The van der Waals surface area contributed by atoms with Gasteiger partial charge < -0.3 is 14.5 Å². The predicted octanol–water partition coefficient (Wildman–Crippen LogP) is 1.95. The van der Waals surface area contributed by atoms with Gasteiger partial charge in [-0.15, -0.1) is 0 Å². The molecule has 2 atom stereocenters. The molecule has 160 valence electrons. The van der Waals surface area contributed by atoms with E-state index in [1.165, 1.54) is 11.3 Å². The minimum absolute atomic E-state index is 0.156. The first-order chi connectivity index (χ1) is 14.2. The van der Waals surface area contributed by atoms with E-state index < -0.39 is 0 Å². The van der Waals surface area contributed by atoms with Crippen molar-refractivity contribution in [3.8, 4) is 5.75 Å². The molecule has 0 saturated carbocycles. The Kier molecular flexibility index (Phi) is 6.39. The highest BCUT2D eigenvalue weighted by Crippen LogP contribution is 2.30. The van der Waals surface area contributed by atoms with Crippen LogP contribution in [0.3, 0.4) is 0 Å². The van der Waals surface area contributed by atoms with Crippen LogP contribution in [0.2, 0.25) is 0 Å². The average molecular weight is 402 g/mol. The van der Waals surface area contributed by atoms with E-state index in [1.807, 2.05) is 20.0 Å². The van der Waals surface area contributed by atoms with Crippen LogP contribution in [0.15, 0.2) is 24.0 Å². The van der Waals surface area contributed by atoms with E-state index in [4.69, 9.17) is 9.47 Å². The van der Waals surface area contributed by atoms with Crippen LogP contribution in [0, 0.1) is 0 Å². The fraction of sp³-hybridized carbons (Fsp3) is 0.682. The molecule has 2 fully saturated rings. The molecule has 0 radical (unpaired) electrons. The van der Waals surface area contributed by atoms with Crippen LogP contribution in [0.25, 0.3) is 0 Å². The number of piperazine rings is 1. The number of hydrogen-bond acceptors (Lipinski definition) is 7. The molecule has 0 N–H and O–H groups in total. The van der Waals surface area contributed by atoms with Crippen LogP contribution in [-0.4, -0.2) is 90.6 Å². The topological polar surface area (TPSA) is 44.3 Å². The van der Waals surface area contributed by atoms with Crippen LogP contribution < -0.4 is 4.74 Å². The first-order valence-electron chi connectivity index (χ1n) is 11.0. The van der Waals surface area contributed by atoms with E-state index in [1.54, 1.807) is 0 Å². The van der Waals surface area contributed by atoms with E-state index in [0.717, 1.165) is 70.2 Å². The highest BCUT2D eigenvalue weighted by atomic mass is 16.5. The number of ether oxygens (including phenoxy) is 2. The third-order valence-corrected chi connectivity index (χ3v) is 6.22. The third kappa shape index (κ3) is 4.14. The van der Waals surface area contributed by atoms with Gasteiger partial charge in [-0.1, -0.05) is 13.8 Å². The highest BCUT2D eigenvalue weighted by molar-refractivity contribution is 5.34. The number of aryl methyl sites for hydroxylation is 1. The van der Waals surface area contributed by atoms with Gasteiger partial charge in [-0.2, -0.15) is 0 Å². The first kappa shape index (κ1) is 20.6. The lowest BCUT2D eigenvalue weighted by atomic mass is 10.1. The largest absolute Gasteiger partial charge is 0.492 e. The summed E-state index contributed by atoms with van der Waals surface area (Å²) in [5.74, 6) is 0.971. The second kappa shape index (κ2) is 9.00. The second-order valence-electron chi connectivity index (χ2n) is 8.03. The van der Waals surface area contributed by atoms with E-state index in [-0.39, 0.29) is 6.23 Å². The van der Waals surface area contributed by atoms with Crippen LogP contribution >= 0.6 is 0 Å². The van der Waals surface area contributed by atoms with Crippen LogP contribution in [0.5, 0.6) is 5.75 Å². The van der Waals surface area contributed by atoms with E-state index >= 15 is 0 Å². The highest BCUT2D eigenvalue weighted by Gasteiger charge is 2.40. The van der Waals surface area contributed by atoms with Crippen molar-refractivity contribution in [2.24, 2.45) is 0 Å². The molecule has 2 saturated heterocycles. The quantitative estimate of drug-likeness (QED) is 0.767. The molecule has 4 aliphatic rings. The number of pyridine rings is 1. The van der Waals surface area contributed by atoms with Gasteiger partial charge in [-0.3, -0.25) is 14.8 Å². The Balaban J connectivity index is 0.000000994. The van der Waals surface area contributed by atoms with Crippen molar-refractivity contribution >= 4 is 0 Å². The Labute approximate surface area is 174 Å². The number of hydrogen-bond donors (Lipinski definition) is 0. The Hall–Kier alpha value is -1.67. The smallest absolute Gasteiger partial charge is 0.140 e. The van der Waals surface area contributed by atoms with Gasteiger partial charge in [0.1, 0.15) is 12.0 Å². The molecular weight excluding hydrogens is 366 g/mol. The molecule has 2 unspecified atom stereocenters. The maximum Gasteiger partial charge on any atom is 0.140 e. The van der Waals surface area contributed by atoms with Gasteiger partial charge in [-0.25, -0.2) is 5.01 Å². The molecular formula is C22H35N5O2. The monoisotopic (exact) mass is 401 g/mol. The molecule has 5 heterocycles. The van der Waals surface area contributed by atoms with Crippen molar-refractivity contribution < 1.29 is 9.47 Å². The van der Waals surface area contributed by atoms with E-state index in [2.05, 4.69) is 51.0 Å². The molecule has 4 aliphatic heterocycles. The molecule has 0 aliphatic carbocycles. The summed E-state index contributed by atoms with van der Waals surface area (Å²) in [6, 6.07) is 2.53. The molecule has 29 heavy (non-hydrogen) atoms. The van der Waals surface area contributed by atoms with Crippen molar-refractivity contribution in [2.75, 3.05) is 53.5 Å². The molecule has 1 aromatic heterocycles. The summed E-state index contributed by atoms with van der Waals surface area (Å²) < 4.78 is 11.7. The molecule has 1 aromatic rings. The second-order valence-corrected chi connectivity index (χ2v) is 8.03. The van der Waals surface area contributed by atoms with Gasteiger partial charge in [-0.05, 0) is 37.6 Å². The lowest BCUT2D eigenvalue weighted by Crippen LogP contribution is -2.52. The average Bonchev–Trinajstić information content (AvgIpc) is 3.32. The van der Waals surface area contributed by atoms with E-state index in [0.29, 0.717) is 6.04 Å². The lowest BCUT2D eigenvalue weighted by Gasteiger charge is -2.40. The minimum atomic E-state index is 0.156. The van der Waals surface area contributed by atoms with Gasteiger partial charge in [0.15, 0.2) is 0 Å². The Morgan fingerprint density at radius 3 is 2.79 bits per heavy atom. The Morgan fingerprint density at radius 2 is 2.00 bits per heavy atom. The van der Waals surface area contributed by atoms with Crippen LogP contribution in [0.1, 0.15) is 31.5 Å². The fourth-order valence-corrected chi connectivity index (χ4v) is 4.69. The van der Waals surface area contributed by atoms with Gasteiger partial charge in [0, 0.05) is 45.5 Å². The molecule has 5 rings (SSSR count). The predicted molar refractivity (Wildman–Crippen MR) is 113 cm³/mol. The van der Waals surface area contributed by atoms with Crippen molar-refractivity contribution in [1.82, 2.24) is 24.8 Å². The molecule has 7 nitrogen and oxygen atoms in total. The van der Waals surface area contributed by atoms with Crippen molar-refractivity contribution in [1.29, 1.82) is 0 Å². The van der Waals surface area contributed by atoms with Crippen molar-refractivity contribution in [2.45, 2.75) is 45.5 Å². The number of likely N-dealkylation sites (N-methyl/N-ethyl adjacent to an activating group) is 2. The minimum Gasteiger partial charge on any atom is -0.492 e. The van der Waals surface area contributed by atoms with Gasteiger partial charge in [0.2, 0.25) is 0 Å². The number of aromatic nitrogens is 1. The summed E-state index contributed by atoms with van der Waals surface area (Å²) in [4.78, 5) is 9.45. The summed E-state index contributed by atoms with van der Waals surface area (Å²) in [7, 11) is 4.34. The van der Waals surface area contributed by atoms with Gasteiger partial charge >= 0.3 is 0 Å². The molecule has 7 heteroatoms. The summed E-state index contributed by atoms with van der Waals surface area (Å²) in [5.41, 5.74) is 3.85. The van der Waals surface area contributed by atoms with Crippen molar-refractivity contribution in [3.63, 3.8) is 0 Å². The Bertz CT molecular complexity index is 740. The zero-order valence-electron chi connectivity index (χ0n) is 18.3. The standard InChI is InChI=1S/C20H29N5O2.C2H6/c1-22-7-9-27-20(22)18-11-17-14-24(5-6-25(17)23(18)2)13-16-10-15-4-3-8-26-19(15)12-21-16;1-2/h10-12,18,20H,3-9,13-14H2,1-2H3;1-2H3. The fourth-order valence-electron chi connectivity index (χ4n) is 4.69. The van der Waals surface area contributed by atoms with E-state index in [9.17, 15) is 0 Å². The number of hydrazine groups is 1. The molecule has 0 amide bonds. The number of rotatable bonds is 3. The number of nitrogens with zero attached hydrogens (tertiary/aromatic N) is 5. The van der Waals surface area contributed by atoms with Gasteiger partial charge in [0.25, 0.3) is 0 Å². The maximum atomic E-state index is 5.98. The zero-order valence-corrected chi connectivity index (χ0v) is 18.3. The van der Waals surface area contributed by atoms with Crippen LogP contribution in [0.4, 0.5) is 0 Å². The summed E-state index contributed by atoms with van der Waals surface area (Å²) in [5, 5.41) is 4.78. The Morgan fingerprint density at radius 1 is 1.14 bits per heavy atom. The molecule has 0 spiro atoms. The normalized spacial score (nSPS) is 27.6.